The highest BCUT2D eigenvalue weighted by Crippen LogP contribution is 2.29. The summed E-state index contributed by atoms with van der Waals surface area (Å²) in [7, 11) is 1.63. The number of nitrogens with one attached hydrogen (secondary N) is 1. The van der Waals surface area contributed by atoms with Crippen molar-refractivity contribution >= 4 is 17.5 Å². The largest absolute Gasteiger partial charge is 0.367 e. The maximum atomic E-state index is 11.6. The molecule has 1 aliphatic rings. The van der Waals surface area contributed by atoms with Gasteiger partial charge in [-0.3, -0.25) is 9.59 Å². The molecule has 0 atom stereocenters. The maximum Gasteiger partial charge on any atom is 0.251 e. The van der Waals surface area contributed by atoms with Gasteiger partial charge >= 0.3 is 0 Å². The molecule has 1 heterocycles. The number of nitrogens with zero attached hydrogens (tertiary/aromatic N) is 1. The van der Waals surface area contributed by atoms with Crippen molar-refractivity contribution in [3.63, 3.8) is 0 Å². The highest BCUT2D eigenvalue weighted by molar-refractivity contribution is 5.94. The topological polar surface area (TPSA) is 75.4 Å². The Bertz CT molecular complexity index is 769. The number of fused-ring (bicyclic) bond motifs is 1. The molecule has 0 bridgehead atoms. The Morgan fingerprint density at radius 3 is 2.50 bits per heavy atom. The fourth-order valence-corrected chi connectivity index (χ4v) is 3.12. The van der Waals surface area contributed by atoms with Crippen molar-refractivity contribution in [2.24, 2.45) is 5.73 Å². The van der Waals surface area contributed by atoms with Crippen LogP contribution in [0, 0.1) is 0 Å². The number of aryl methyl sites for hydroxylation is 1. The Labute approximate surface area is 141 Å². The zero-order valence-corrected chi connectivity index (χ0v) is 13.7. The van der Waals surface area contributed by atoms with Gasteiger partial charge in [0.1, 0.15) is 0 Å². The van der Waals surface area contributed by atoms with E-state index in [0.29, 0.717) is 11.1 Å². The highest BCUT2D eigenvalue weighted by Gasteiger charge is 2.18. The van der Waals surface area contributed by atoms with Crippen LogP contribution in [0.2, 0.25) is 0 Å². The van der Waals surface area contributed by atoms with E-state index in [1.807, 2.05) is 36.4 Å². The van der Waals surface area contributed by atoms with Crippen molar-refractivity contribution < 1.29 is 9.59 Å². The van der Waals surface area contributed by atoms with Crippen LogP contribution in [0.15, 0.2) is 42.5 Å². The van der Waals surface area contributed by atoms with Gasteiger partial charge in [0.25, 0.3) is 5.91 Å². The molecule has 0 fully saturated rings. The van der Waals surface area contributed by atoms with Gasteiger partial charge in [0.2, 0.25) is 5.91 Å². The van der Waals surface area contributed by atoms with Gasteiger partial charge in [-0.2, -0.15) is 0 Å². The van der Waals surface area contributed by atoms with Crippen LogP contribution in [0.5, 0.6) is 0 Å². The van der Waals surface area contributed by atoms with Crippen molar-refractivity contribution in [1.29, 1.82) is 0 Å². The molecule has 24 heavy (non-hydrogen) atoms. The summed E-state index contributed by atoms with van der Waals surface area (Å²) in [6.45, 7) is 1.75. The number of primary amides is 1. The van der Waals surface area contributed by atoms with Crippen LogP contribution in [0.25, 0.3) is 0 Å². The number of benzene rings is 2. The molecule has 2 aromatic carbocycles. The van der Waals surface area contributed by atoms with E-state index in [9.17, 15) is 9.59 Å². The summed E-state index contributed by atoms with van der Waals surface area (Å²) in [5.41, 5.74) is 10.1. The number of hydrogen-bond acceptors (Lipinski definition) is 3. The quantitative estimate of drug-likeness (QED) is 0.905. The first-order valence-corrected chi connectivity index (χ1v) is 8.07. The molecule has 0 saturated heterocycles. The zero-order valence-electron chi connectivity index (χ0n) is 13.7. The molecule has 124 valence electrons. The van der Waals surface area contributed by atoms with Gasteiger partial charge in [-0.25, -0.2) is 0 Å². The third-order valence-corrected chi connectivity index (χ3v) is 4.40. The average Bonchev–Trinajstić information content (AvgIpc) is 2.61. The molecule has 5 heteroatoms. The second kappa shape index (κ2) is 6.74. The summed E-state index contributed by atoms with van der Waals surface area (Å²) in [6, 6.07) is 13.3. The van der Waals surface area contributed by atoms with E-state index in [2.05, 4.69) is 10.2 Å². The third kappa shape index (κ3) is 3.25. The van der Waals surface area contributed by atoms with Gasteiger partial charge in [0, 0.05) is 37.0 Å². The molecule has 0 unspecified atom stereocenters. The van der Waals surface area contributed by atoms with Gasteiger partial charge in [0.05, 0.1) is 0 Å². The number of carbonyl (C=O) groups is 2. The summed E-state index contributed by atoms with van der Waals surface area (Å²) in [4.78, 5) is 25.3. The standard InChI is InChI=1S/C19H21N3O2/c1-21-19(24)14-6-4-13(5-7-14)12-22-10-2-3-15-11-16(18(20)23)8-9-17(15)22/h4-9,11H,2-3,10,12H2,1H3,(H2,20,23)(H,21,24). The Morgan fingerprint density at radius 2 is 1.83 bits per heavy atom. The van der Waals surface area contributed by atoms with Crippen molar-refractivity contribution in [2.45, 2.75) is 19.4 Å². The molecule has 0 saturated carbocycles. The number of anilines is 1. The van der Waals surface area contributed by atoms with Crippen molar-refractivity contribution in [3.8, 4) is 0 Å². The normalized spacial score (nSPS) is 13.3. The van der Waals surface area contributed by atoms with Crippen LogP contribution in [0.1, 0.15) is 38.3 Å². The van der Waals surface area contributed by atoms with Gasteiger partial charge in [-0.05, 0) is 54.3 Å². The SMILES string of the molecule is CNC(=O)c1ccc(CN2CCCc3cc(C(N)=O)ccc32)cc1. The fraction of sp³-hybridized carbons (Fsp3) is 0.263. The van der Waals surface area contributed by atoms with E-state index in [1.165, 1.54) is 5.56 Å². The van der Waals surface area contributed by atoms with Crippen LogP contribution in [-0.4, -0.2) is 25.4 Å². The lowest BCUT2D eigenvalue weighted by Gasteiger charge is -2.31. The van der Waals surface area contributed by atoms with Gasteiger partial charge < -0.3 is 16.0 Å². The lowest BCUT2D eigenvalue weighted by Crippen LogP contribution is -2.29. The second-order valence-corrected chi connectivity index (χ2v) is 6.01. The first-order chi connectivity index (χ1) is 11.6. The molecule has 0 spiro atoms. The summed E-state index contributed by atoms with van der Waals surface area (Å²) in [6.07, 6.45) is 2.01. The van der Waals surface area contributed by atoms with Crippen LogP contribution < -0.4 is 16.0 Å². The van der Waals surface area contributed by atoms with Crippen molar-refractivity contribution in [1.82, 2.24) is 5.32 Å². The summed E-state index contributed by atoms with van der Waals surface area (Å²) in [5.74, 6) is -0.469. The van der Waals surface area contributed by atoms with Crippen LogP contribution in [-0.2, 0) is 13.0 Å². The molecule has 2 amide bonds. The molecule has 2 aromatic rings. The predicted octanol–water partition coefficient (Wildman–Crippen LogP) is 2.10. The maximum absolute atomic E-state index is 11.6. The summed E-state index contributed by atoms with van der Waals surface area (Å²) in [5, 5.41) is 2.62. The lowest BCUT2D eigenvalue weighted by atomic mass is 9.98. The molecule has 0 aromatic heterocycles. The second-order valence-electron chi connectivity index (χ2n) is 6.01. The number of carbonyl (C=O) groups excluding carboxylic acids is 2. The smallest absolute Gasteiger partial charge is 0.251 e. The Morgan fingerprint density at radius 1 is 1.12 bits per heavy atom. The highest BCUT2D eigenvalue weighted by atomic mass is 16.1. The average molecular weight is 323 g/mol. The first-order valence-electron chi connectivity index (χ1n) is 8.07. The molecule has 3 rings (SSSR count). The minimum Gasteiger partial charge on any atom is -0.367 e. The monoisotopic (exact) mass is 323 g/mol. The van der Waals surface area contributed by atoms with E-state index in [4.69, 9.17) is 5.73 Å². The Balaban J connectivity index is 1.80. The van der Waals surface area contributed by atoms with Crippen LogP contribution in [0.3, 0.4) is 0 Å². The summed E-state index contributed by atoms with van der Waals surface area (Å²) < 4.78 is 0. The van der Waals surface area contributed by atoms with E-state index < -0.39 is 0 Å². The summed E-state index contributed by atoms with van der Waals surface area (Å²) >= 11 is 0. The van der Waals surface area contributed by atoms with E-state index in [1.54, 1.807) is 13.1 Å². The van der Waals surface area contributed by atoms with E-state index in [0.717, 1.165) is 37.2 Å². The molecular weight excluding hydrogens is 302 g/mol. The molecule has 5 nitrogen and oxygen atoms in total. The molecule has 0 aliphatic carbocycles. The minimum atomic E-state index is -0.389. The minimum absolute atomic E-state index is 0.0798. The van der Waals surface area contributed by atoms with Crippen molar-refractivity contribution in [2.75, 3.05) is 18.5 Å². The zero-order chi connectivity index (χ0) is 17.1. The van der Waals surface area contributed by atoms with E-state index in [-0.39, 0.29) is 11.8 Å². The number of nitrogens with two attached hydrogens (primary N) is 1. The number of amides is 2. The van der Waals surface area contributed by atoms with Crippen LogP contribution >= 0.6 is 0 Å². The van der Waals surface area contributed by atoms with Gasteiger partial charge in [-0.15, -0.1) is 0 Å². The fourth-order valence-electron chi connectivity index (χ4n) is 3.12. The predicted molar refractivity (Wildman–Crippen MR) is 94.2 cm³/mol. The first kappa shape index (κ1) is 16.1. The number of hydrogen-bond donors (Lipinski definition) is 2. The van der Waals surface area contributed by atoms with E-state index >= 15 is 0 Å². The van der Waals surface area contributed by atoms with Crippen molar-refractivity contribution in [3.05, 3.63) is 64.7 Å². The van der Waals surface area contributed by atoms with Gasteiger partial charge in [0.15, 0.2) is 0 Å². The Hall–Kier alpha value is -2.82. The third-order valence-electron chi connectivity index (χ3n) is 4.40. The molecule has 3 N–H and O–H groups in total. The van der Waals surface area contributed by atoms with Crippen LogP contribution in [0.4, 0.5) is 5.69 Å². The lowest BCUT2D eigenvalue weighted by molar-refractivity contribution is 0.0961. The number of rotatable bonds is 4. The van der Waals surface area contributed by atoms with Gasteiger partial charge in [-0.1, -0.05) is 12.1 Å². The molecule has 0 radical (unpaired) electrons. The molecular formula is C19H21N3O2. The molecule has 1 aliphatic heterocycles. The Kier molecular flexibility index (Phi) is 4.51.